The molecule has 196 valence electrons. The van der Waals surface area contributed by atoms with Gasteiger partial charge < -0.3 is 14.6 Å². The van der Waals surface area contributed by atoms with Crippen LogP contribution < -0.4 is 9.47 Å². The molecule has 0 fully saturated rings. The largest absolute Gasteiger partial charge is 0.493 e. The average molecular weight is 513 g/mol. The zero-order chi connectivity index (χ0) is 26.9. The molecule has 0 aliphatic carbocycles. The smallest absolute Gasteiger partial charge is 0.304 e. The van der Waals surface area contributed by atoms with Gasteiger partial charge >= 0.3 is 5.97 Å². The molecule has 0 aliphatic heterocycles. The molecule has 0 saturated heterocycles. The molecule has 0 bridgehead atoms. The Morgan fingerprint density at radius 2 is 1.53 bits per heavy atom. The van der Waals surface area contributed by atoms with Gasteiger partial charge in [0.05, 0.1) is 13.0 Å². The Balaban J connectivity index is 1.42. The van der Waals surface area contributed by atoms with Crippen LogP contribution in [0.3, 0.4) is 0 Å². The number of aliphatic carboxylic acids is 1. The summed E-state index contributed by atoms with van der Waals surface area (Å²) < 4.78 is 25.4. The van der Waals surface area contributed by atoms with Gasteiger partial charge in [-0.3, -0.25) is 4.79 Å². The van der Waals surface area contributed by atoms with Crippen LogP contribution in [0, 0.1) is 12.7 Å². The van der Waals surface area contributed by atoms with Gasteiger partial charge in [-0.25, -0.2) is 4.39 Å². The number of carboxylic acids is 1. The van der Waals surface area contributed by atoms with E-state index in [0.29, 0.717) is 19.0 Å². The molecule has 1 atom stereocenters. The molecule has 0 aromatic heterocycles. The van der Waals surface area contributed by atoms with E-state index in [2.05, 4.69) is 50.2 Å². The van der Waals surface area contributed by atoms with E-state index < -0.39 is 5.97 Å². The first-order chi connectivity index (χ1) is 18.4. The number of benzene rings is 4. The number of carboxylic acid groups (broad SMARTS) is 1. The van der Waals surface area contributed by atoms with Gasteiger partial charge in [-0.1, -0.05) is 73.5 Å². The molecule has 1 N–H and O–H groups in total. The fourth-order valence-corrected chi connectivity index (χ4v) is 4.36. The minimum atomic E-state index is -0.909. The van der Waals surface area contributed by atoms with E-state index in [9.17, 15) is 14.3 Å². The highest BCUT2D eigenvalue weighted by molar-refractivity contribution is 5.71. The molecular formula is C33H33FO4. The van der Waals surface area contributed by atoms with E-state index >= 15 is 0 Å². The van der Waals surface area contributed by atoms with Crippen molar-refractivity contribution in [3.05, 3.63) is 119 Å². The van der Waals surface area contributed by atoms with Gasteiger partial charge in [-0.15, -0.1) is 0 Å². The molecule has 0 radical (unpaired) electrons. The van der Waals surface area contributed by atoms with Gasteiger partial charge in [0.15, 0.2) is 0 Å². The summed E-state index contributed by atoms with van der Waals surface area (Å²) in [7, 11) is 0. The maximum absolute atomic E-state index is 13.4. The highest BCUT2D eigenvalue weighted by Gasteiger charge is 2.18. The van der Waals surface area contributed by atoms with E-state index in [1.165, 1.54) is 17.7 Å². The normalized spacial score (nSPS) is 11.7. The lowest BCUT2D eigenvalue weighted by Gasteiger charge is -2.17. The Kier molecular flexibility index (Phi) is 9.15. The number of hydrogen-bond acceptors (Lipinski definition) is 3. The summed E-state index contributed by atoms with van der Waals surface area (Å²) in [6.07, 6.45) is 2.04. The summed E-state index contributed by atoms with van der Waals surface area (Å²) in [4.78, 5) is 11.5. The lowest BCUT2D eigenvalue weighted by molar-refractivity contribution is -0.137. The molecule has 0 spiro atoms. The highest BCUT2D eigenvalue weighted by Crippen LogP contribution is 2.32. The highest BCUT2D eigenvalue weighted by atomic mass is 19.1. The monoisotopic (exact) mass is 512 g/mol. The Morgan fingerprint density at radius 3 is 2.16 bits per heavy atom. The summed E-state index contributed by atoms with van der Waals surface area (Å²) in [5, 5.41) is 9.39. The summed E-state index contributed by atoms with van der Waals surface area (Å²) >= 11 is 0. The van der Waals surface area contributed by atoms with Gasteiger partial charge in [-0.2, -0.15) is 0 Å². The van der Waals surface area contributed by atoms with E-state index in [1.807, 2.05) is 30.3 Å². The number of unbranched alkanes of at least 4 members (excludes halogenated alkanes) is 1. The van der Waals surface area contributed by atoms with Crippen LogP contribution in [0.2, 0.25) is 0 Å². The SMILES string of the molecule is CCCCOc1ccc(C)cc1-c1ccc(COc2ccc(C(CC(=O)O)c3ccc(F)cc3)cc2)cc1. The predicted octanol–water partition coefficient (Wildman–Crippen LogP) is 8.17. The van der Waals surface area contributed by atoms with Gasteiger partial charge in [0.1, 0.15) is 23.9 Å². The van der Waals surface area contributed by atoms with Crippen LogP contribution in [0.1, 0.15) is 54.4 Å². The first-order valence-corrected chi connectivity index (χ1v) is 13.0. The fraction of sp³-hybridized carbons (Fsp3) is 0.242. The second kappa shape index (κ2) is 12.9. The number of halogens is 1. The molecule has 0 aliphatic rings. The van der Waals surface area contributed by atoms with E-state index in [1.54, 1.807) is 12.1 Å². The predicted molar refractivity (Wildman–Crippen MR) is 148 cm³/mol. The standard InChI is InChI=1S/C33H33FO4/c1-3-4-19-37-32-18-5-23(2)20-31(32)27-8-6-24(7-9-27)22-38-29-16-12-26(13-17-29)30(21-33(35)36)25-10-14-28(34)15-11-25/h5-18,20,30H,3-4,19,21-22H2,1-2H3,(H,35,36). The zero-order valence-corrected chi connectivity index (χ0v) is 21.8. The molecular weight excluding hydrogens is 479 g/mol. The third-order valence-electron chi connectivity index (χ3n) is 6.49. The van der Waals surface area contributed by atoms with Crippen LogP contribution in [-0.2, 0) is 11.4 Å². The van der Waals surface area contributed by atoms with Gasteiger partial charge in [0, 0.05) is 11.5 Å². The molecule has 0 amide bonds. The lowest BCUT2D eigenvalue weighted by Crippen LogP contribution is -2.08. The quantitative estimate of drug-likeness (QED) is 0.195. The van der Waals surface area contributed by atoms with Crippen LogP contribution in [0.4, 0.5) is 4.39 Å². The van der Waals surface area contributed by atoms with E-state index in [4.69, 9.17) is 9.47 Å². The summed E-state index contributed by atoms with van der Waals surface area (Å²) in [5.74, 6) is -0.0360. The molecule has 4 rings (SSSR count). The first-order valence-electron chi connectivity index (χ1n) is 13.0. The minimum absolute atomic E-state index is 0.0789. The summed E-state index contributed by atoms with van der Waals surface area (Å²) in [6.45, 7) is 5.34. The topological polar surface area (TPSA) is 55.8 Å². The van der Waals surface area contributed by atoms with Crippen molar-refractivity contribution in [1.82, 2.24) is 0 Å². The third-order valence-corrected chi connectivity index (χ3v) is 6.49. The van der Waals surface area contributed by atoms with Crippen molar-refractivity contribution in [3.63, 3.8) is 0 Å². The first kappa shape index (κ1) is 26.9. The van der Waals surface area contributed by atoms with E-state index in [-0.39, 0.29) is 18.2 Å². The zero-order valence-electron chi connectivity index (χ0n) is 21.8. The van der Waals surface area contributed by atoms with Crippen LogP contribution in [0.15, 0.2) is 91.0 Å². The second-order valence-corrected chi connectivity index (χ2v) is 9.46. The fourth-order valence-electron chi connectivity index (χ4n) is 4.36. The van der Waals surface area contributed by atoms with Crippen LogP contribution in [0.5, 0.6) is 11.5 Å². The van der Waals surface area contributed by atoms with Crippen molar-refractivity contribution < 1.29 is 23.8 Å². The van der Waals surface area contributed by atoms with Gasteiger partial charge in [-0.05, 0) is 72.0 Å². The molecule has 4 aromatic carbocycles. The van der Waals surface area contributed by atoms with Crippen molar-refractivity contribution in [1.29, 1.82) is 0 Å². The molecule has 0 saturated carbocycles. The number of hydrogen-bond donors (Lipinski definition) is 1. The minimum Gasteiger partial charge on any atom is -0.493 e. The molecule has 4 aromatic rings. The Labute approximate surface area is 223 Å². The summed E-state index contributed by atoms with van der Waals surface area (Å²) in [6, 6.07) is 27.9. The molecule has 38 heavy (non-hydrogen) atoms. The average Bonchev–Trinajstić information content (AvgIpc) is 2.92. The van der Waals surface area contributed by atoms with Crippen LogP contribution >= 0.6 is 0 Å². The number of ether oxygens (including phenoxy) is 2. The van der Waals surface area contributed by atoms with E-state index in [0.717, 1.165) is 46.4 Å². The maximum atomic E-state index is 13.4. The van der Waals surface area contributed by atoms with Crippen molar-refractivity contribution >= 4 is 5.97 Å². The second-order valence-electron chi connectivity index (χ2n) is 9.46. The maximum Gasteiger partial charge on any atom is 0.304 e. The van der Waals surface area contributed by atoms with Crippen LogP contribution in [0.25, 0.3) is 11.1 Å². The number of rotatable bonds is 12. The Hall–Kier alpha value is -4.12. The third kappa shape index (κ3) is 7.22. The molecule has 4 nitrogen and oxygen atoms in total. The lowest BCUT2D eigenvalue weighted by atomic mass is 9.88. The molecule has 0 heterocycles. The van der Waals surface area contributed by atoms with Crippen LogP contribution in [-0.4, -0.2) is 17.7 Å². The molecule has 5 heteroatoms. The van der Waals surface area contributed by atoms with Crippen molar-refractivity contribution in [2.75, 3.05) is 6.61 Å². The van der Waals surface area contributed by atoms with Crippen molar-refractivity contribution in [2.45, 2.75) is 45.6 Å². The number of carbonyl (C=O) groups is 1. The Morgan fingerprint density at radius 1 is 0.868 bits per heavy atom. The van der Waals surface area contributed by atoms with Gasteiger partial charge in [0.2, 0.25) is 0 Å². The number of aryl methyl sites for hydroxylation is 1. The van der Waals surface area contributed by atoms with Crippen molar-refractivity contribution in [3.8, 4) is 22.6 Å². The van der Waals surface area contributed by atoms with Crippen molar-refractivity contribution in [2.24, 2.45) is 0 Å². The van der Waals surface area contributed by atoms with Gasteiger partial charge in [0.25, 0.3) is 0 Å². The summed E-state index contributed by atoms with van der Waals surface area (Å²) in [5.41, 5.74) is 6.00. The Bertz CT molecular complexity index is 1330. The molecule has 1 unspecified atom stereocenters.